The second-order valence-electron chi connectivity index (χ2n) is 8.84. The van der Waals surface area contributed by atoms with Crippen LogP contribution in [0.2, 0.25) is 0 Å². The second-order valence-corrected chi connectivity index (χ2v) is 8.84. The molecule has 5 atom stereocenters. The fraction of sp³-hybridized carbons (Fsp3) is 0.769. The van der Waals surface area contributed by atoms with Crippen LogP contribution in [0.1, 0.15) is 25.8 Å². The lowest BCUT2D eigenvalue weighted by Crippen LogP contribution is -2.61. The molecule has 1 aliphatic rings. The van der Waals surface area contributed by atoms with Crippen molar-refractivity contribution < 1.29 is 42.6 Å². The van der Waals surface area contributed by atoms with E-state index in [0.717, 1.165) is 5.56 Å². The van der Waals surface area contributed by atoms with Gasteiger partial charge in [0.25, 0.3) is 0 Å². The number of rotatable bonds is 18. The molecule has 2 rings (SSSR count). The Kier molecular flexibility index (Phi) is 14.9. The molecule has 0 aliphatic carbocycles. The number of hydrogen-bond acceptors (Lipinski definition) is 9. The van der Waals surface area contributed by atoms with Crippen molar-refractivity contribution in [3.05, 3.63) is 35.9 Å². The van der Waals surface area contributed by atoms with Crippen LogP contribution in [0.15, 0.2) is 30.3 Å². The molecule has 1 aromatic carbocycles. The van der Waals surface area contributed by atoms with Crippen LogP contribution in [0.3, 0.4) is 0 Å². The average molecular weight is 501 g/mol. The Morgan fingerprint density at radius 3 is 2.14 bits per heavy atom. The van der Waals surface area contributed by atoms with Gasteiger partial charge in [-0.1, -0.05) is 44.2 Å². The predicted octanol–water partition coefficient (Wildman–Crippen LogP) is 3.04. The summed E-state index contributed by atoms with van der Waals surface area (Å²) in [5, 5.41) is 0. The standard InChI is InChI=1S/C26H44O9/c1-19(2)15-32-17-21-23(29-5)24(30-6)25(26(35-21)34-18-22(27-3)28-4)33-14-10-13-31-16-20-11-8-7-9-12-20/h7-9,11-12,19,21-26H,10,13-18H2,1-6H3/t21-,23-,24+,25+,26-/m1/s1. The first kappa shape index (κ1) is 30.1. The Morgan fingerprint density at radius 1 is 0.800 bits per heavy atom. The van der Waals surface area contributed by atoms with Gasteiger partial charge in [-0.25, -0.2) is 0 Å². The van der Waals surface area contributed by atoms with E-state index in [1.165, 1.54) is 0 Å². The third-order valence-corrected chi connectivity index (χ3v) is 5.65. The van der Waals surface area contributed by atoms with Crippen LogP contribution in [0.4, 0.5) is 0 Å². The minimum absolute atomic E-state index is 0.172. The maximum atomic E-state index is 6.27. The van der Waals surface area contributed by atoms with Gasteiger partial charge in [-0.05, 0) is 17.9 Å². The minimum Gasteiger partial charge on any atom is -0.378 e. The molecule has 0 spiro atoms. The van der Waals surface area contributed by atoms with Gasteiger partial charge in [0.1, 0.15) is 31.0 Å². The van der Waals surface area contributed by atoms with Gasteiger partial charge in [0, 0.05) is 48.3 Å². The fourth-order valence-electron chi connectivity index (χ4n) is 3.85. The lowest BCUT2D eigenvalue weighted by Gasteiger charge is -2.45. The molecule has 9 nitrogen and oxygen atoms in total. The summed E-state index contributed by atoms with van der Waals surface area (Å²) in [5.74, 6) is 0.411. The van der Waals surface area contributed by atoms with Gasteiger partial charge in [-0.15, -0.1) is 0 Å². The van der Waals surface area contributed by atoms with E-state index < -0.39 is 24.8 Å². The largest absolute Gasteiger partial charge is 0.378 e. The van der Waals surface area contributed by atoms with Crippen molar-refractivity contribution in [1.82, 2.24) is 0 Å². The van der Waals surface area contributed by atoms with Gasteiger partial charge in [0.05, 0.1) is 13.2 Å². The summed E-state index contributed by atoms with van der Waals surface area (Å²) in [6, 6.07) is 10.1. The number of benzene rings is 1. The molecule has 1 heterocycles. The zero-order valence-corrected chi connectivity index (χ0v) is 22.1. The first-order valence-corrected chi connectivity index (χ1v) is 12.2. The SMILES string of the molecule is COC(CO[C@@H]1O[C@H](COCC(C)C)[C@@H](OC)[C@H](OC)[C@@H]1OCCCOCc1ccccc1)OC. The smallest absolute Gasteiger partial charge is 0.187 e. The molecule has 0 aromatic heterocycles. The molecular formula is C26H44O9. The van der Waals surface area contributed by atoms with E-state index >= 15 is 0 Å². The van der Waals surface area contributed by atoms with Crippen LogP contribution in [-0.2, 0) is 49.2 Å². The Bertz CT molecular complexity index is 641. The Labute approximate surface area is 210 Å². The molecule has 1 aliphatic heterocycles. The van der Waals surface area contributed by atoms with Gasteiger partial charge in [-0.3, -0.25) is 0 Å². The van der Waals surface area contributed by atoms with Crippen molar-refractivity contribution in [2.45, 2.75) is 63.9 Å². The molecule has 1 aromatic rings. The summed E-state index contributed by atoms with van der Waals surface area (Å²) in [6.45, 7) is 6.94. The second kappa shape index (κ2) is 17.3. The highest BCUT2D eigenvalue weighted by molar-refractivity contribution is 5.13. The van der Waals surface area contributed by atoms with Crippen LogP contribution < -0.4 is 0 Å². The molecule has 35 heavy (non-hydrogen) atoms. The maximum absolute atomic E-state index is 6.27. The van der Waals surface area contributed by atoms with E-state index in [2.05, 4.69) is 13.8 Å². The zero-order valence-electron chi connectivity index (χ0n) is 22.1. The fourth-order valence-corrected chi connectivity index (χ4v) is 3.85. The molecule has 0 N–H and O–H groups in total. The molecule has 0 radical (unpaired) electrons. The Morgan fingerprint density at radius 2 is 1.51 bits per heavy atom. The van der Waals surface area contributed by atoms with Gasteiger partial charge < -0.3 is 42.6 Å². The van der Waals surface area contributed by atoms with Crippen LogP contribution >= 0.6 is 0 Å². The van der Waals surface area contributed by atoms with E-state index in [4.69, 9.17) is 42.6 Å². The molecule has 9 heteroatoms. The molecule has 1 fully saturated rings. The lowest BCUT2D eigenvalue weighted by molar-refractivity contribution is -0.327. The van der Waals surface area contributed by atoms with Crippen LogP contribution in [0.5, 0.6) is 0 Å². The molecular weight excluding hydrogens is 456 g/mol. The lowest BCUT2D eigenvalue weighted by atomic mass is 9.98. The minimum atomic E-state index is -0.711. The number of hydrogen-bond donors (Lipinski definition) is 0. The monoisotopic (exact) mass is 500 g/mol. The van der Waals surface area contributed by atoms with Gasteiger partial charge in [0.15, 0.2) is 12.6 Å². The van der Waals surface area contributed by atoms with Crippen molar-refractivity contribution in [3.63, 3.8) is 0 Å². The molecule has 0 unspecified atom stereocenters. The van der Waals surface area contributed by atoms with Crippen LogP contribution in [0, 0.1) is 5.92 Å². The molecule has 0 amide bonds. The zero-order chi connectivity index (χ0) is 25.5. The summed E-state index contributed by atoms with van der Waals surface area (Å²) >= 11 is 0. The van der Waals surface area contributed by atoms with Gasteiger partial charge in [0.2, 0.25) is 0 Å². The quantitative estimate of drug-likeness (QED) is 0.223. The van der Waals surface area contributed by atoms with E-state index in [1.807, 2.05) is 30.3 Å². The average Bonchev–Trinajstić information content (AvgIpc) is 2.87. The highest BCUT2D eigenvalue weighted by atomic mass is 16.7. The van der Waals surface area contributed by atoms with Crippen molar-refractivity contribution in [2.24, 2.45) is 5.92 Å². The first-order chi connectivity index (χ1) is 17.0. The third-order valence-electron chi connectivity index (χ3n) is 5.65. The Balaban J connectivity index is 1.96. The highest BCUT2D eigenvalue weighted by Gasteiger charge is 2.48. The van der Waals surface area contributed by atoms with Crippen molar-refractivity contribution in [3.8, 4) is 0 Å². The van der Waals surface area contributed by atoms with Crippen LogP contribution in [-0.4, -0.2) is 98.5 Å². The van der Waals surface area contributed by atoms with Gasteiger partial charge in [-0.2, -0.15) is 0 Å². The van der Waals surface area contributed by atoms with Crippen molar-refractivity contribution >= 4 is 0 Å². The number of ether oxygens (including phenoxy) is 9. The topological polar surface area (TPSA) is 83.1 Å². The van der Waals surface area contributed by atoms with E-state index in [-0.39, 0.29) is 18.8 Å². The predicted molar refractivity (Wildman–Crippen MR) is 130 cm³/mol. The maximum Gasteiger partial charge on any atom is 0.187 e. The molecule has 1 saturated heterocycles. The third kappa shape index (κ3) is 10.4. The molecule has 0 bridgehead atoms. The summed E-state index contributed by atoms with van der Waals surface area (Å²) in [4.78, 5) is 0. The van der Waals surface area contributed by atoms with E-state index in [0.29, 0.717) is 45.4 Å². The summed E-state index contributed by atoms with van der Waals surface area (Å²) in [7, 11) is 6.39. The molecule has 202 valence electrons. The van der Waals surface area contributed by atoms with Crippen molar-refractivity contribution in [1.29, 1.82) is 0 Å². The van der Waals surface area contributed by atoms with E-state index in [1.54, 1.807) is 28.4 Å². The molecule has 0 saturated carbocycles. The summed E-state index contributed by atoms with van der Waals surface area (Å²) in [6.07, 6.45) is -2.23. The normalized spacial score (nSPS) is 25.0. The van der Waals surface area contributed by atoms with Crippen LogP contribution in [0.25, 0.3) is 0 Å². The number of methoxy groups -OCH3 is 4. The van der Waals surface area contributed by atoms with E-state index in [9.17, 15) is 0 Å². The first-order valence-electron chi connectivity index (χ1n) is 12.2. The highest BCUT2D eigenvalue weighted by Crippen LogP contribution is 2.29. The summed E-state index contributed by atoms with van der Waals surface area (Å²) in [5.41, 5.74) is 1.14. The van der Waals surface area contributed by atoms with Crippen molar-refractivity contribution in [2.75, 3.05) is 61.5 Å². The summed E-state index contributed by atoms with van der Waals surface area (Å²) < 4.78 is 52.3. The Hall–Kier alpha value is -1.14. The van der Waals surface area contributed by atoms with Gasteiger partial charge >= 0.3 is 0 Å².